The van der Waals surface area contributed by atoms with Gasteiger partial charge in [0.1, 0.15) is 11.9 Å². The molecule has 1 aliphatic rings. The van der Waals surface area contributed by atoms with Gasteiger partial charge in [-0.3, -0.25) is 4.79 Å². The largest absolute Gasteiger partial charge is 0.384 e. The van der Waals surface area contributed by atoms with E-state index in [0.29, 0.717) is 23.5 Å². The van der Waals surface area contributed by atoms with E-state index in [1.54, 1.807) is 6.07 Å². The van der Waals surface area contributed by atoms with Crippen LogP contribution < -0.4 is 11.1 Å². The third-order valence-electron chi connectivity index (χ3n) is 3.81. The lowest BCUT2D eigenvalue weighted by molar-refractivity contribution is -0.120. The number of hydrogen-bond donors (Lipinski definition) is 2. The fraction of sp³-hybridized carbons (Fsp3) is 0.500. The molecule has 0 aromatic carbocycles. The van der Waals surface area contributed by atoms with Crippen molar-refractivity contribution in [2.24, 2.45) is 5.92 Å². The number of carbonyl (C=O) groups is 1. The Hall–Kier alpha value is -2.51. The molecule has 3 rings (SSSR count). The number of amides is 1. The minimum atomic E-state index is -0.262. The Kier molecular flexibility index (Phi) is 3.99. The number of nitrogens with zero attached hydrogens (tertiary/aromatic N) is 4. The van der Waals surface area contributed by atoms with Crippen LogP contribution in [0.15, 0.2) is 16.8 Å². The van der Waals surface area contributed by atoms with E-state index in [9.17, 15) is 4.79 Å². The normalized spacial score (nSPS) is 16.6. The van der Waals surface area contributed by atoms with Crippen LogP contribution in [0.2, 0.25) is 0 Å². The van der Waals surface area contributed by atoms with Crippen molar-refractivity contribution in [2.75, 3.05) is 5.73 Å². The summed E-state index contributed by atoms with van der Waals surface area (Å²) in [6.45, 7) is 1.49. The zero-order valence-corrected chi connectivity index (χ0v) is 12.3. The van der Waals surface area contributed by atoms with Crippen molar-refractivity contribution in [3.63, 3.8) is 0 Å². The van der Waals surface area contributed by atoms with E-state index in [1.807, 2.05) is 0 Å². The molecule has 22 heavy (non-hydrogen) atoms. The van der Waals surface area contributed by atoms with Crippen molar-refractivity contribution in [3.05, 3.63) is 18.2 Å². The van der Waals surface area contributed by atoms with Crippen LogP contribution >= 0.6 is 0 Å². The van der Waals surface area contributed by atoms with Gasteiger partial charge in [0.25, 0.3) is 0 Å². The highest BCUT2D eigenvalue weighted by molar-refractivity contribution is 5.73. The number of hydrogen-bond acceptors (Lipinski definition) is 7. The van der Waals surface area contributed by atoms with Gasteiger partial charge in [-0.25, -0.2) is 9.97 Å². The average molecular weight is 302 g/mol. The fourth-order valence-electron chi connectivity index (χ4n) is 2.82. The smallest absolute Gasteiger partial charge is 0.249 e. The highest BCUT2D eigenvalue weighted by Crippen LogP contribution is 2.35. The molecule has 2 aromatic rings. The Balaban J connectivity index is 1.87. The summed E-state index contributed by atoms with van der Waals surface area (Å²) in [7, 11) is 0. The Labute approximate surface area is 127 Å². The van der Waals surface area contributed by atoms with Crippen LogP contribution in [0, 0.1) is 5.92 Å². The predicted molar refractivity (Wildman–Crippen MR) is 78.3 cm³/mol. The highest BCUT2D eigenvalue weighted by Gasteiger charge is 2.31. The second kappa shape index (κ2) is 6.08. The Morgan fingerprint density at radius 3 is 2.82 bits per heavy atom. The molecule has 2 heterocycles. The molecule has 0 aliphatic heterocycles. The van der Waals surface area contributed by atoms with E-state index >= 15 is 0 Å². The van der Waals surface area contributed by atoms with E-state index in [-0.39, 0.29) is 17.8 Å². The molecule has 0 spiro atoms. The van der Waals surface area contributed by atoms with Crippen molar-refractivity contribution < 1.29 is 9.32 Å². The van der Waals surface area contributed by atoms with E-state index < -0.39 is 0 Å². The van der Waals surface area contributed by atoms with Gasteiger partial charge in [0, 0.05) is 13.1 Å². The minimum Gasteiger partial charge on any atom is -0.384 e. The third-order valence-corrected chi connectivity index (χ3v) is 3.81. The number of aromatic nitrogens is 4. The fourth-order valence-corrected chi connectivity index (χ4v) is 2.82. The second-order valence-electron chi connectivity index (χ2n) is 5.48. The highest BCUT2D eigenvalue weighted by atomic mass is 16.5. The van der Waals surface area contributed by atoms with E-state index in [1.165, 1.54) is 13.1 Å². The van der Waals surface area contributed by atoms with Crippen LogP contribution in [0.4, 0.5) is 5.82 Å². The van der Waals surface area contributed by atoms with Crippen LogP contribution in [0.5, 0.6) is 0 Å². The molecule has 3 N–H and O–H groups in total. The van der Waals surface area contributed by atoms with Crippen LogP contribution in [0.1, 0.15) is 44.5 Å². The average Bonchev–Trinajstić information content (AvgIpc) is 3.16. The Morgan fingerprint density at radius 1 is 1.36 bits per heavy atom. The Morgan fingerprint density at radius 2 is 2.14 bits per heavy atom. The van der Waals surface area contributed by atoms with Crippen molar-refractivity contribution in [1.82, 2.24) is 25.4 Å². The summed E-state index contributed by atoms with van der Waals surface area (Å²) in [5, 5.41) is 6.82. The van der Waals surface area contributed by atoms with Gasteiger partial charge < -0.3 is 15.6 Å². The minimum absolute atomic E-state index is 0.114. The SMILES string of the molecule is CC(=O)NC(c1nc(-c2nccc(N)n2)no1)C1CCCC1. The number of nitrogens with two attached hydrogens (primary N) is 1. The summed E-state index contributed by atoms with van der Waals surface area (Å²) in [5.41, 5.74) is 5.63. The standard InChI is InChI=1S/C14H18N6O2/c1-8(21)17-11(9-4-2-3-5-9)14-19-13(20-22-14)12-16-7-6-10(15)18-12/h6-7,9,11H,2-5H2,1H3,(H,17,21)(H2,15,16,18). The molecule has 2 aromatic heterocycles. The molecule has 0 bridgehead atoms. The first-order valence-corrected chi connectivity index (χ1v) is 7.33. The van der Waals surface area contributed by atoms with Crippen LogP contribution in [-0.4, -0.2) is 26.0 Å². The summed E-state index contributed by atoms with van der Waals surface area (Å²) < 4.78 is 5.34. The molecule has 0 saturated heterocycles. The number of anilines is 1. The van der Waals surface area contributed by atoms with Crippen molar-refractivity contribution in [2.45, 2.75) is 38.6 Å². The number of carbonyl (C=O) groups excluding carboxylic acids is 1. The molecule has 1 unspecified atom stereocenters. The zero-order chi connectivity index (χ0) is 15.5. The zero-order valence-electron chi connectivity index (χ0n) is 12.3. The maximum absolute atomic E-state index is 11.5. The van der Waals surface area contributed by atoms with Gasteiger partial charge in [0.2, 0.25) is 23.4 Å². The quantitative estimate of drug-likeness (QED) is 0.877. The first-order valence-electron chi connectivity index (χ1n) is 7.33. The molecule has 1 fully saturated rings. The maximum Gasteiger partial charge on any atom is 0.249 e. The third kappa shape index (κ3) is 3.05. The van der Waals surface area contributed by atoms with Gasteiger partial charge in [0.05, 0.1) is 0 Å². The predicted octanol–water partition coefficient (Wildman–Crippen LogP) is 1.48. The lowest BCUT2D eigenvalue weighted by atomic mass is 9.98. The molecule has 8 nitrogen and oxygen atoms in total. The Bertz CT molecular complexity index is 665. The van der Waals surface area contributed by atoms with Crippen molar-refractivity contribution in [1.29, 1.82) is 0 Å². The molecule has 1 saturated carbocycles. The summed E-state index contributed by atoms with van der Waals surface area (Å²) in [6.07, 6.45) is 5.92. The van der Waals surface area contributed by atoms with Crippen molar-refractivity contribution >= 4 is 11.7 Å². The van der Waals surface area contributed by atoms with Gasteiger partial charge in [0.15, 0.2) is 0 Å². The van der Waals surface area contributed by atoms with Crippen molar-refractivity contribution in [3.8, 4) is 11.6 Å². The first-order chi connectivity index (χ1) is 10.6. The van der Waals surface area contributed by atoms with Gasteiger partial charge in [-0.2, -0.15) is 4.98 Å². The molecule has 0 radical (unpaired) electrons. The summed E-state index contributed by atoms with van der Waals surface area (Å²) in [5.74, 6) is 1.52. The molecular formula is C14H18N6O2. The molecule has 1 aliphatic carbocycles. The summed E-state index contributed by atoms with van der Waals surface area (Å²) >= 11 is 0. The van der Waals surface area contributed by atoms with E-state index in [4.69, 9.17) is 10.3 Å². The van der Waals surface area contributed by atoms with Gasteiger partial charge >= 0.3 is 0 Å². The lowest BCUT2D eigenvalue weighted by Gasteiger charge is -2.20. The molecular weight excluding hydrogens is 284 g/mol. The summed E-state index contributed by atoms with van der Waals surface area (Å²) in [6, 6.07) is 1.32. The summed E-state index contributed by atoms with van der Waals surface area (Å²) in [4.78, 5) is 24.0. The number of nitrogens with one attached hydrogen (secondary N) is 1. The van der Waals surface area contributed by atoms with Gasteiger partial charge in [-0.1, -0.05) is 18.0 Å². The van der Waals surface area contributed by atoms with Crippen LogP contribution in [0.25, 0.3) is 11.6 Å². The molecule has 1 amide bonds. The van der Waals surface area contributed by atoms with Crippen LogP contribution in [-0.2, 0) is 4.79 Å². The van der Waals surface area contributed by atoms with Gasteiger partial charge in [-0.15, -0.1) is 0 Å². The number of nitrogen functional groups attached to an aromatic ring is 1. The van der Waals surface area contributed by atoms with Crippen LogP contribution in [0.3, 0.4) is 0 Å². The first kappa shape index (κ1) is 14.4. The van der Waals surface area contributed by atoms with E-state index in [2.05, 4.69) is 25.4 Å². The molecule has 8 heteroatoms. The molecule has 1 atom stereocenters. The second-order valence-corrected chi connectivity index (χ2v) is 5.48. The van der Waals surface area contributed by atoms with E-state index in [0.717, 1.165) is 25.7 Å². The monoisotopic (exact) mass is 302 g/mol. The maximum atomic E-state index is 11.5. The topological polar surface area (TPSA) is 120 Å². The number of rotatable bonds is 4. The van der Waals surface area contributed by atoms with Gasteiger partial charge in [-0.05, 0) is 24.8 Å². The lowest BCUT2D eigenvalue weighted by Crippen LogP contribution is -2.31. The molecule has 116 valence electrons.